The van der Waals surface area contributed by atoms with Gasteiger partial charge in [0.05, 0.1) is 16.1 Å². The second-order valence-electron chi connectivity index (χ2n) is 14.5. The van der Waals surface area contributed by atoms with Crippen molar-refractivity contribution < 1.29 is 26.5 Å². The van der Waals surface area contributed by atoms with E-state index >= 15 is 8.78 Å². The first kappa shape index (κ1) is 36.2. The van der Waals surface area contributed by atoms with Gasteiger partial charge in [0.2, 0.25) is 9.84 Å². The summed E-state index contributed by atoms with van der Waals surface area (Å²) in [6.45, 7) is 16.1. The summed E-state index contributed by atoms with van der Waals surface area (Å²) < 4.78 is 76.9. The number of piperazine rings is 1. The number of halogens is 2. The molecule has 1 unspecified atom stereocenters. The van der Waals surface area contributed by atoms with E-state index in [1.165, 1.54) is 32.1 Å². The molecular formula is C36H49F2N5O4S2. The number of piperidine rings is 2. The standard InChI is InChI=1S/C36H49F2N5O4S2/c1-6-40-13-9-25(10-14-40)41-17-19-42(20-18-41)26-11-15-43(16-12-26)34-29-21-27(48(5)44)7-8-32(29)39-24-33(34)49(45,46)28-22-30(37)35(31(38)23-28)47-36(2,3)4/h7-8,21-26H,6,9-20H2,1-5H3. The van der Waals surface area contributed by atoms with Gasteiger partial charge in [-0.25, -0.2) is 17.2 Å². The van der Waals surface area contributed by atoms with Gasteiger partial charge in [-0.1, -0.05) is 6.92 Å². The number of aromatic nitrogens is 1. The fourth-order valence-corrected chi connectivity index (χ4v) is 9.59. The minimum atomic E-state index is -4.44. The Hall–Kier alpha value is -2.55. The van der Waals surface area contributed by atoms with Crippen LogP contribution in [0.3, 0.4) is 0 Å². The normalized spacial score (nSPS) is 20.6. The Balaban J connectivity index is 1.25. The monoisotopic (exact) mass is 717 g/mol. The Morgan fingerprint density at radius 1 is 0.898 bits per heavy atom. The van der Waals surface area contributed by atoms with Crippen LogP contribution >= 0.6 is 0 Å². The van der Waals surface area contributed by atoms with E-state index in [9.17, 15) is 13.0 Å². The predicted molar refractivity (Wildman–Crippen MR) is 190 cm³/mol. The average molecular weight is 718 g/mol. The zero-order chi connectivity index (χ0) is 35.1. The zero-order valence-corrected chi connectivity index (χ0v) is 30.9. The number of pyridine rings is 1. The minimum Gasteiger partial charge on any atom is -0.612 e. The van der Waals surface area contributed by atoms with Crippen LogP contribution in [0.25, 0.3) is 10.9 Å². The Labute approximate surface area is 292 Å². The Morgan fingerprint density at radius 3 is 1.96 bits per heavy atom. The SMILES string of the molecule is CCN1CCC(N2CCN(C3CCN(c4c(S(=O)(=O)c5cc(F)c(OC(C)(C)C)c(F)c5)cnc5ccc([S+](C)[O-])cc45)CC3)CC2)CC1. The fourth-order valence-electron chi connectivity index (χ4n) is 7.59. The van der Waals surface area contributed by atoms with Crippen LogP contribution < -0.4 is 9.64 Å². The number of nitrogens with zero attached hydrogens (tertiary/aromatic N) is 5. The van der Waals surface area contributed by atoms with Gasteiger partial charge in [-0.15, -0.1) is 0 Å². The highest BCUT2D eigenvalue weighted by Gasteiger charge is 2.35. The summed E-state index contributed by atoms with van der Waals surface area (Å²) in [5.74, 6) is -2.82. The van der Waals surface area contributed by atoms with Gasteiger partial charge >= 0.3 is 0 Å². The van der Waals surface area contributed by atoms with Gasteiger partial charge in [-0.2, -0.15) is 0 Å². The van der Waals surface area contributed by atoms with E-state index in [4.69, 9.17) is 4.74 Å². The maximum Gasteiger partial charge on any atom is 0.210 e. The maximum atomic E-state index is 15.2. The van der Waals surface area contributed by atoms with Crippen LogP contribution in [0.5, 0.6) is 5.75 Å². The minimum absolute atomic E-state index is 0.136. The fraction of sp³-hybridized carbons (Fsp3) is 0.583. The third kappa shape index (κ3) is 7.86. The molecule has 268 valence electrons. The van der Waals surface area contributed by atoms with Crippen molar-refractivity contribution in [3.05, 3.63) is 48.2 Å². The number of sulfone groups is 1. The first-order chi connectivity index (χ1) is 23.2. The molecule has 3 aliphatic rings. The Bertz CT molecular complexity index is 1720. The van der Waals surface area contributed by atoms with Crippen molar-refractivity contribution in [2.75, 3.05) is 70.1 Å². The first-order valence-corrected chi connectivity index (χ1v) is 20.4. The number of hydrogen-bond donors (Lipinski definition) is 0. The molecule has 9 nitrogen and oxygen atoms in total. The number of hydrogen-bond acceptors (Lipinski definition) is 9. The number of ether oxygens (including phenoxy) is 1. The topological polar surface area (TPSA) is 92.3 Å². The number of benzene rings is 2. The smallest absolute Gasteiger partial charge is 0.210 e. The number of likely N-dealkylation sites (tertiary alicyclic amines) is 1. The Kier molecular flexibility index (Phi) is 10.8. The molecule has 0 radical (unpaired) electrons. The molecule has 3 aliphatic heterocycles. The largest absolute Gasteiger partial charge is 0.612 e. The summed E-state index contributed by atoms with van der Waals surface area (Å²) in [5.41, 5.74) is 0.0906. The second kappa shape index (κ2) is 14.6. The summed E-state index contributed by atoms with van der Waals surface area (Å²) in [5, 5.41) is 0.545. The van der Waals surface area contributed by atoms with Crippen molar-refractivity contribution in [3.63, 3.8) is 0 Å². The molecule has 13 heteroatoms. The molecule has 4 heterocycles. The lowest BCUT2D eigenvalue weighted by Crippen LogP contribution is -2.56. The van der Waals surface area contributed by atoms with E-state index in [0.717, 1.165) is 57.7 Å². The van der Waals surface area contributed by atoms with Gasteiger partial charge in [0.1, 0.15) is 16.8 Å². The quantitative estimate of drug-likeness (QED) is 0.287. The Morgan fingerprint density at radius 2 is 1.45 bits per heavy atom. The molecule has 2 aromatic carbocycles. The van der Waals surface area contributed by atoms with Gasteiger partial charge in [0.25, 0.3) is 0 Å². The lowest BCUT2D eigenvalue weighted by atomic mass is 9.99. The molecule has 1 aromatic heterocycles. The third-order valence-electron chi connectivity index (χ3n) is 10.3. The highest BCUT2D eigenvalue weighted by Crippen LogP contribution is 2.40. The zero-order valence-electron chi connectivity index (χ0n) is 29.3. The number of fused-ring (bicyclic) bond motifs is 1. The summed E-state index contributed by atoms with van der Waals surface area (Å²) in [6.07, 6.45) is 7.01. The molecule has 0 amide bonds. The molecule has 3 fully saturated rings. The molecule has 6 rings (SSSR count). The van der Waals surface area contributed by atoms with Crippen LogP contribution in [0.2, 0.25) is 0 Å². The van der Waals surface area contributed by atoms with Crippen LogP contribution in [-0.2, 0) is 21.0 Å². The molecule has 3 aromatic rings. The number of rotatable bonds is 8. The van der Waals surface area contributed by atoms with E-state index in [0.29, 0.717) is 46.7 Å². The molecule has 0 aliphatic carbocycles. The molecule has 0 bridgehead atoms. The van der Waals surface area contributed by atoms with Crippen molar-refractivity contribution in [1.82, 2.24) is 19.7 Å². The van der Waals surface area contributed by atoms with Gasteiger partial charge in [0, 0.05) is 69.0 Å². The maximum absolute atomic E-state index is 15.2. The average Bonchev–Trinajstić information content (AvgIpc) is 3.08. The van der Waals surface area contributed by atoms with Crippen LogP contribution in [0, 0.1) is 11.6 Å². The van der Waals surface area contributed by atoms with Crippen LogP contribution in [0.15, 0.2) is 51.2 Å². The van der Waals surface area contributed by atoms with Crippen molar-refractivity contribution >= 4 is 37.6 Å². The van der Waals surface area contributed by atoms with E-state index in [1.807, 2.05) is 0 Å². The second-order valence-corrected chi connectivity index (χ2v) is 17.8. The van der Waals surface area contributed by atoms with Crippen molar-refractivity contribution in [1.29, 1.82) is 0 Å². The van der Waals surface area contributed by atoms with Crippen molar-refractivity contribution in [2.24, 2.45) is 0 Å². The van der Waals surface area contributed by atoms with E-state index in [-0.39, 0.29) is 4.90 Å². The summed E-state index contributed by atoms with van der Waals surface area (Å²) >= 11 is -1.32. The highest BCUT2D eigenvalue weighted by molar-refractivity contribution is 7.91. The lowest BCUT2D eigenvalue weighted by Gasteiger charge is -2.46. The van der Waals surface area contributed by atoms with E-state index < -0.39 is 48.9 Å². The van der Waals surface area contributed by atoms with E-state index in [1.54, 1.807) is 45.2 Å². The van der Waals surface area contributed by atoms with Gasteiger partial charge in [-0.3, -0.25) is 14.8 Å². The molecule has 0 N–H and O–H groups in total. The molecule has 49 heavy (non-hydrogen) atoms. The van der Waals surface area contributed by atoms with Crippen molar-refractivity contribution in [2.45, 2.75) is 85.7 Å². The van der Waals surface area contributed by atoms with Crippen LogP contribution in [0.1, 0.15) is 53.4 Å². The van der Waals surface area contributed by atoms with E-state index in [2.05, 4.69) is 31.5 Å². The summed E-state index contributed by atoms with van der Waals surface area (Å²) in [7, 11) is -4.44. The third-order valence-corrected chi connectivity index (χ3v) is 12.9. The van der Waals surface area contributed by atoms with Gasteiger partial charge < -0.3 is 19.1 Å². The molecule has 3 saturated heterocycles. The molecule has 0 saturated carbocycles. The van der Waals surface area contributed by atoms with Crippen LogP contribution in [-0.4, -0.2) is 115 Å². The predicted octanol–water partition coefficient (Wildman–Crippen LogP) is 5.33. The van der Waals surface area contributed by atoms with Crippen LogP contribution in [0.4, 0.5) is 14.5 Å². The van der Waals surface area contributed by atoms with Crippen molar-refractivity contribution in [3.8, 4) is 5.75 Å². The molecule has 0 spiro atoms. The number of anilines is 1. The summed E-state index contributed by atoms with van der Waals surface area (Å²) in [4.78, 5) is 14.2. The van der Waals surface area contributed by atoms with Gasteiger partial charge in [0.15, 0.2) is 22.3 Å². The molecular weight excluding hydrogens is 669 g/mol. The first-order valence-electron chi connectivity index (χ1n) is 17.4. The van der Waals surface area contributed by atoms with Gasteiger partial charge in [-0.05, 0) is 102 Å². The summed E-state index contributed by atoms with van der Waals surface area (Å²) in [6, 6.07) is 7.85. The highest BCUT2D eigenvalue weighted by atomic mass is 32.2. The molecule has 1 atom stereocenters. The lowest BCUT2D eigenvalue weighted by molar-refractivity contribution is 0.0384.